The minimum atomic E-state index is 0.0806. The molecule has 2 rings (SSSR count). The van der Waals surface area contributed by atoms with E-state index in [4.69, 9.17) is 22.1 Å². The second-order valence-electron chi connectivity index (χ2n) is 4.62. The van der Waals surface area contributed by atoms with E-state index in [0.717, 1.165) is 23.3 Å². The predicted octanol–water partition coefficient (Wildman–Crippen LogP) is 4.85. The molecular weight excluding hydrogens is 258 g/mol. The van der Waals surface area contributed by atoms with Crippen LogP contribution in [0.15, 0.2) is 42.5 Å². The van der Waals surface area contributed by atoms with Gasteiger partial charge in [-0.1, -0.05) is 36.7 Å². The van der Waals surface area contributed by atoms with Crippen molar-refractivity contribution in [2.75, 3.05) is 0 Å². The molecule has 0 bridgehead atoms. The molecule has 2 aromatic carbocycles. The van der Waals surface area contributed by atoms with Crippen LogP contribution in [0.25, 0.3) is 0 Å². The van der Waals surface area contributed by atoms with Crippen LogP contribution in [0.2, 0.25) is 5.02 Å². The maximum atomic E-state index is 6.14. The highest BCUT2D eigenvalue weighted by Crippen LogP contribution is 2.30. The number of hydrogen-bond donors (Lipinski definition) is 1. The van der Waals surface area contributed by atoms with Gasteiger partial charge in [0.05, 0.1) is 5.02 Å². The Morgan fingerprint density at radius 1 is 1.16 bits per heavy atom. The molecule has 3 heteroatoms. The topological polar surface area (TPSA) is 35.2 Å². The second-order valence-corrected chi connectivity index (χ2v) is 5.03. The van der Waals surface area contributed by atoms with Crippen molar-refractivity contribution in [1.29, 1.82) is 0 Å². The van der Waals surface area contributed by atoms with Crippen LogP contribution in [0.4, 0.5) is 0 Å². The molecule has 19 heavy (non-hydrogen) atoms. The maximum absolute atomic E-state index is 6.14. The van der Waals surface area contributed by atoms with E-state index >= 15 is 0 Å². The molecule has 2 N–H and O–H groups in total. The molecule has 0 spiro atoms. The minimum Gasteiger partial charge on any atom is -0.456 e. The largest absolute Gasteiger partial charge is 0.456 e. The Labute approximate surface area is 119 Å². The number of halogens is 1. The zero-order valence-corrected chi connectivity index (χ0v) is 11.9. The fourth-order valence-corrected chi connectivity index (χ4v) is 2.11. The molecule has 100 valence electrons. The first-order valence-electron chi connectivity index (χ1n) is 6.39. The highest BCUT2D eigenvalue weighted by atomic mass is 35.5. The zero-order valence-electron chi connectivity index (χ0n) is 11.2. The first kappa shape index (κ1) is 13.9. The van der Waals surface area contributed by atoms with Crippen molar-refractivity contribution < 1.29 is 4.74 Å². The number of aryl methyl sites for hydroxylation is 1. The summed E-state index contributed by atoms with van der Waals surface area (Å²) in [4.78, 5) is 0. The lowest BCUT2D eigenvalue weighted by molar-refractivity contribution is 0.482. The van der Waals surface area contributed by atoms with E-state index < -0.39 is 0 Å². The lowest BCUT2D eigenvalue weighted by atomic mass is 10.1. The van der Waals surface area contributed by atoms with Crippen LogP contribution in [0.5, 0.6) is 11.5 Å². The van der Waals surface area contributed by atoms with Gasteiger partial charge in [-0.25, -0.2) is 0 Å². The van der Waals surface area contributed by atoms with Gasteiger partial charge in [0.15, 0.2) is 0 Å². The van der Waals surface area contributed by atoms with E-state index in [1.54, 1.807) is 0 Å². The average molecular weight is 276 g/mol. The fraction of sp³-hybridized carbons (Fsp3) is 0.250. The van der Waals surface area contributed by atoms with Crippen LogP contribution < -0.4 is 10.5 Å². The van der Waals surface area contributed by atoms with Gasteiger partial charge >= 0.3 is 0 Å². The Hall–Kier alpha value is -1.51. The molecule has 0 saturated heterocycles. The van der Waals surface area contributed by atoms with Gasteiger partial charge in [-0.05, 0) is 48.7 Å². The fourth-order valence-electron chi connectivity index (χ4n) is 1.83. The normalized spacial score (nSPS) is 12.2. The molecule has 1 atom stereocenters. The molecule has 0 aromatic heterocycles. The maximum Gasteiger partial charge on any atom is 0.146 e. The van der Waals surface area contributed by atoms with Crippen molar-refractivity contribution in [3.8, 4) is 11.5 Å². The van der Waals surface area contributed by atoms with E-state index in [9.17, 15) is 0 Å². The van der Waals surface area contributed by atoms with Crippen LogP contribution in [0.3, 0.4) is 0 Å². The Morgan fingerprint density at radius 3 is 2.42 bits per heavy atom. The van der Waals surface area contributed by atoms with Crippen LogP contribution >= 0.6 is 11.6 Å². The summed E-state index contributed by atoms with van der Waals surface area (Å²) in [5.74, 6) is 1.43. The summed E-state index contributed by atoms with van der Waals surface area (Å²) >= 11 is 6.14. The van der Waals surface area contributed by atoms with Gasteiger partial charge in [0.1, 0.15) is 11.5 Å². The van der Waals surface area contributed by atoms with E-state index in [-0.39, 0.29) is 6.04 Å². The van der Waals surface area contributed by atoms with Crippen molar-refractivity contribution >= 4 is 11.6 Å². The van der Waals surface area contributed by atoms with Crippen molar-refractivity contribution in [3.05, 3.63) is 58.6 Å². The molecule has 2 nitrogen and oxygen atoms in total. The molecule has 0 fully saturated rings. The molecule has 2 aromatic rings. The van der Waals surface area contributed by atoms with Crippen molar-refractivity contribution in [2.24, 2.45) is 5.73 Å². The number of ether oxygens (including phenoxy) is 1. The van der Waals surface area contributed by atoms with Gasteiger partial charge in [0, 0.05) is 6.04 Å². The third-order valence-corrected chi connectivity index (χ3v) is 3.36. The standard InChI is InChI=1S/C16H18ClNO/c1-3-15(18)12-5-7-13(8-6-12)19-16-9-4-11(2)10-14(16)17/h4-10,15H,3,18H2,1-2H3. The molecule has 1 unspecified atom stereocenters. The Kier molecular flexibility index (Phi) is 4.46. The first-order valence-corrected chi connectivity index (χ1v) is 6.77. The number of benzene rings is 2. The molecular formula is C16H18ClNO. The van der Waals surface area contributed by atoms with Crippen LogP contribution in [0.1, 0.15) is 30.5 Å². The zero-order chi connectivity index (χ0) is 13.8. The van der Waals surface area contributed by atoms with E-state index in [1.165, 1.54) is 0 Å². The highest BCUT2D eigenvalue weighted by Gasteiger charge is 2.05. The smallest absolute Gasteiger partial charge is 0.146 e. The highest BCUT2D eigenvalue weighted by molar-refractivity contribution is 6.32. The van der Waals surface area contributed by atoms with Gasteiger partial charge < -0.3 is 10.5 Å². The first-order chi connectivity index (χ1) is 9.10. The Balaban J connectivity index is 2.15. The quantitative estimate of drug-likeness (QED) is 0.866. The van der Waals surface area contributed by atoms with Gasteiger partial charge in [0.25, 0.3) is 0 Å². The Bertz CT molecular complexity index is 551. The minimum absolute atomic E-state index is 0.0806. The van der Waals surface area contributed by atoms with Crippen molar-refractivity contribution in [3.63, 3.8) is 0 Å². The summed E-state index contributed by atoms with van der Waals surface area (Å²) in [6, 6.07) is 13.6. The second kappa shape index (κ2) is 6.09. The van der Waals surface area contributed by atoms with E-state index in [0.29, 0.717) is 10.8 Å². The summed E-state index contributed by atoms with van der Waals surface area (Å²) in [5.41, 5.74) is 8.20. The SMILES string of the molecule is CCC(N)c1ccc(Oc2ccc(C)cc2Cl)cc1. The summed E-state index contributed by atoms with van der Waals surface area (Å²) < 4.78 is 5.76. The summed E-state index contributed by atoms with van der Waals surface area (Å²) in [6.45, 7) is 4.07. The molecule has 0 radical (unpaired) electrons. The number of rotatable bonds is 4. The Morgan fingerprint density at radius 2 is 1.84 bits per heavy atom. The molecule has 0 aliphatic heterocycles. The van der Waals surface area contributed by atoms with Gasteiger partial charge in [-0.15, -0.1) is 0 Å². The third-order valence-electron chi connectivity index (χ3n) is 3.06. The third kappa shape index (κ3) is 3.49. The van der Waals surface area contributed by atoms with Crippen LogP contribution in [-0.4, -0.2) is 0 Å². The lowest BCUT2D eigenvalue weighted by Crippen LogP contribution is -2.07. The average Bonchev–Trinajstić information content (AvgIpc) is 2.42. The summed E-state index contributed by atoms with van der Waals surface area (Å²) in [5, 5.41) is 0.620. The van der Waals surface area contributed by atoms with Crippen LogP contribution in [-0.2, 0) is 0 Å². The molecule has 0 amide bonds. The predicted molar refractivity (Wildman–Crippen MR) is 79.9 cm³/mol. The van der Waals surface area contributed by atoms with Crippen molar-refractivity contribution in [1.82, 2.24) is 0 Å². The molecule has 0 aliphatic rings. The lowest BCUT2D eigenvalue weighted by Gasteiger charge is -2.11. The molecule has 0 aliphatic carbocycles. The number of hydrogen-bond acceptors (Lipinski definition) is 2. The summed E-state index contributed by atoms with van der Waals surface area (Å²) in [6.07, 6.45) is 0.921. The van der Waals surface area contributed by atoms with Gasteiger partial charge in [-0.3, -0.25) is 0 Å². The monoisotopic (exact) mass is 275 g/mol. The van der Waals surface area contributed by atoms with Crippen molar-refractivity contribution in [2.45, 2.75) is 26.3 Å². The summed E-state index contributed by atoms with van der Waals surface area (Å²) in [7, 11) is 0. The van der Waals surface area contributed by atoms with E-state index in [2.05, 4.69) is 6.92 Å². The van der Waals surface area contributed by atoms with Gasteiger partial charge in [-0.2, -0.15) is 0 Å². The molecule has 0 saturated carbocycles. The van der Waals surface area contributed by atoms with E-state index in [1.807, 2.05) is 49.4 Å². The van der Waals surface area contributed by atoms with Gasteiger partial charge in [0.2, 0.25) is 0 Å². The number of nitrogens with two attached hydrogens (primary N) is 1. The van der Waals surface area contributed by atoms with Crippen LogP contribution in [0, 0.1) is 6.92 Å². The molecule has 0 heterocycles.